The first-order chi connectivity index (χ1) is 10.2. The Bertz CT molecular complexity index is 666. The highest BCUT2D eigenvalue weighted by Gasteiger charge is 2.20. The number of carbonyl (C=O) groups excluding carboxylic acids is 1. The molecule has 4 nitrogen and oxygen atoms in total. The van der Waals surface area contributed by atoms with Crippen LogP contribution in [0.2, 0.25) is 0 Å². The lowest BCUT2D eigenvalue weighted by atomic mass is 9.94. The quantitative estimate of drug-likeness (QED) is 0.912. The normalized spacial score (nSPS) is 16.5. The van der Waals surface area contributed by atoms with Gasteiger partial charge in [-0.2, -0.15) is 0 Å². The molecule has 5 heteroatoms. The molecule has 2 aromatic rings. The van der Waals surface area contributed by atoms with Crippen LogP contribution < -0.4 is 10.6 Å². The van der Waals surface area contributed by atoms with Gasteiger partial charge in [0.1, 0.15) is 5.69 Å². The molecule has 0 fully saturated rings. The third-order valence-corrected chi connectivity index (χ3v) is 4.29. The van der Waals surface area contributed by atoms with Crippen molar-refractivity contribution in [2.75, 3.05) is 13.1 Å². The Morgan fingerprint density at radius 3 is 2.82 bits per heavy atom. The molecule has 0 aliphatic carbocycles. The lowest BCUT2D eigenvalue weighted by Gasteiger charge is -2.27. The highest BCUT2D eigenvalue weighted by atomic mass is 35.5. The van der Waals surface area contributed by atoms with Crippen LogP contribution in [0.4, 0.5) is 0 Å². The molecule has 3 rings (SSSR count). The Morgan fingerprint density at radius 2 is 2.09 bits per heavy atom. The third-order valence-electron chi connectivity index (χ3n) is 4.29. The van der Waals surface area contributed by atoms with Crippen LogP contribution >= 0.6 is 12.4 Å². The van der Waals surface area contributed by atoms with E-state index in [1.807, 2.05) is 30.7 Å². The number of fused-ring (bicyclic) bond motifs is 1. The van der Waals surface area contributed by atoms with Gasteiger partial charge >= 0.3 is 0 Å². The van der Waals surface area contributed by atoms with Crippen LogP contribution in [0, 0.1) is 6.92 Å². The van der Waals surface area contributed by atoms with E-state index in [1.165, 1.54) is 11.1 Å². The molecule has 1 aliphatic heterocycles. The Kier molecular flexibility index (Phi) is 5.27. The van der Waals surface area contributed by atoms with E-state index in [0.29, 0.717) is 12.2 Å². The van der Waals surface area contributed by atoms with Crippen molar-refractivity contribution >= 4 is 18.3 Å². The van der Waals surface area contributed by atoms with Crippen LogP contribution in [-0.2, 0) is 13.5 Å². The molecule has 0 saturated carbocycles. The largest absolute Gasteiger partial charge is 0.349 e. The van der Waals surface area contributed by atoms with Crippen LogP contribution in [0.25, 0.3) is 0 Å². The monoisotopic (exact) mass is 319 g/mol. The van der Waals surface area contributed by atoms with Gasteiger partial charge in [-0.15, -0.1) is 12.4 Å². The molecule has 1 aromatic carbocycles. The SMILES string of the molecule is Cc1ccc(C(=O)NCC2NCCc3ccccc32)n1C.Cl. The predicted molar refractivity (Wildman–Crippen MR) is 90.6 cm³/mol. The number of aromatic nitrogens is 1. The van der Waals surface area contributed by atoms with Crippen LogP contribution in [-0.4, -0.2) is 23.6 Å². The first-order valence-corrected chi connectivity index (χ1v) is 7.38. The van der Waals surface area contributed by atoms with Crippen molar-refractivity contribution in [3.05, 3.63) is 58.9 Å². The van der Waals surface area contributed by atoms with Gasteiger partial charge in [-0.3, -0.25) is 4.79 Å². The van der Waals surface area contributed by atoms with Gasteiger partial charge in [0.2, 0.25) is 0 Å². The molecule has 0 bridgehead atoms. The average Bonchev–Trinajstić information content (AvgIpc) is 2.84. The lowest BCUT2D eigenvalue weighted by Crippen LogP contribution is -2.39. The zero-order chi connectivity index (χ0) is 14.8. The van der Waals surface area contributed by atoms with E-state index >= 15 is 0 Å². The van der Waals surface area contributed by atoms with Gasteiger partial charge in [0.05, 0.1) is 0 Å². The number of hydrogen-bond acceptors (Lipinski definition) is 2. The standard InChI is InChI=1S/C17H21N3O.ClH/c1-12-7-8-16(20(12)2)17(21)19-11-15-14-6-4-3-5-13(14)9-10-18-15;/h3-8,15,18H,9-11H2,1-2H3,(H,19,21);1H. The summed E-state index contributed by atoms with van der Waals surface area (Å²) in [4.78, 5) is 12.3. The van der Waals surface area contributed by atoms with Crippen molar-refractivity contribution in [3.8, 4) is 0 Å². The fourth-order valence-electron chi connectivity index (χ4n) is 2.90. The second-order valence-corrected chi connectivity index (χ2v) is 5.58. The molecule has 2 N–H and O–H groups in total. The zero-order valence-corrected chi connectivity index (χ0v) is 13.7. The van der Waals surface area contributed by atoms with E-state index < -0.39 is 0 Å². The van der Waals surface area contributed by atoms with Crippen molar-refractivity contribution < 1.29 is 4.79 Å². The summed E-state index contributed by atoms with van der Waals surface area (Å²) in [5.74, 6) is -0.0181. The number of rotatable bonds is 3. The highest BCUT2D eigenvalue weighted by Crippen LogP contribution is 2.21. The molecule has 22 heavy (non-hydrogen) atoms. The predicted octanol–water partition coefficient (Wildman–Crippen LogP) is 2.37. The minimum atomic E-state index is -0.0181. The molecule has 1 amide bonds. The maximum Gasteiger partial charge on any atom is 0.267 e. The molecule has 1 aromatic heterocycles. The summed E-state index contributed by atoms with van der Waals surface area (Å²) in [5, 5.41) is 6.52. The van der Waals surface area contributed by atoms with E-state index in [1.54, 1.807) is 0 Å². The van der Waals surface area contributed by atoms with Gasteiger partial charge in [-0.05, 0) is 43.1 Å². The van der Waals surface area contributed by atoms with Crippen molar-refractivity contribution in [2.24, 2.45) is 7.05 Å². The third kappa shape index (κ3) is 3.18. The summed E-state index contributed by atoms with van der Waals surface area (Å²) < 4.78 is 1.91. The molecular weight excluding hydrogens is 298 g/mol. The zero-order valence-electron chi connectivity index (χ0n) is 12.9. The van der Waals surface area contributed by atoms with Gasteiger partial charge in [-0.1, -0.05) is 24.3 Å². The van der Waals surface area contributed by atoms with Crippen LogP contribution in [0.1, 0.15) is 33.4 Å². The highest BCUT2D eigenvalue weighted by molar-refractivity contribution is 5.92. The summed E-state index contributed by atoms with van der Waals surface area (Å²) >= 11 is 0. The number of carbonyl (C=O) groups is 1. The molecule has 0 radical (unpaired) electrons. The number of hydrogen-bond donors (Lipinski definition) is 2. The molecule has 1 unspecified atom stereocenters. The van der Waals surface area contributed by atoms with Gasteiger partial charge in [0.25, 0.3) is 5.91 Å². The Hall–Kier alpha value is -1.78. The molecule has 0 spiro atoms. The number of halogens is 1. The second-order valence-electron chi connectivity index (χ2n) is 5.58. The summed E-state index contributed by atoms with van der Waals surface area (Å²) in [7, 11) is 1.92. The van der Waals surface area contributed by atoms with Gasteiger partial charge < -0.3 is 15.2 Å². The first kappa shape index (κ1) is 16.6. The number of nitrogens with one attached hydrogen (secondary N) is 2. The number of aryl methyl sites for hydroxylation is 1. The van der Waals surface area contributed by atoms with E-state index in [0.717, 1.165) is 18.7 Å². The van der Waals surface area contributed by atoms with Crippen molar-refractivity contribution in [3.63, 3.8) is 0 Å². The summed E-state index contributed by atoms with van der Waals surface area (Å²) in [5.41, 5.74) is 4.47. The van der Waals surface area contributed by atoms with E-state index in [4.69, 9.17) is 0 Å². The smallest absolute Gasteiger partial charge is 0.267 e. The minimum Gasteiger partial charge on any atom is -0.349 e. The summed E-state index contributed by atoms with van der Waals surface area (Å²) in [6.45, 7) is 3.57. The molecule has 118 valence electrons. The van der Waals surface area contributed by atoms with Crippen molar-refractivity contribution in [1.82, 2.24) is 15.2 Å². The Labute approximate surface area is 137 Å². The minimum absolute atomic E-state index is 0. The fraction of sp³-hybridized carbons (Fsp3) is 0.353. The maximum absolute atomic E-state index is 12.3. The van der Waals surface area contributed by atoms with Crippen LogP contribution in [0.3, 0.4) is 0 Å². The van der Waals surface area contributed by atoms with Gasteiger partial charge in [0, 0.05) is 25.3 Å². The topological polar surface area (TPSA) is 46.1 Å². The lowest BCUT2D eigenvalue weighted by molar-refractivity contribution is 0.0940. The van der Waals surface area contributed by atoms with Crippen LogP contribution in [0.5, 0.6) is 0 Å². The molecular formula is C17H22ClN3O. The van der Waals surface area contributed by atoms with Gasteiger partial charge in [-0.25, -0.2) is 0 Å². The Morgan fingerprint density at radius 1 is 1.32 bits per heavy atom. The number of nitrogens with zero attached hydrogens (tertiary/aromatic N) is 1. The fourth-order valence-corrected chi connectivity index (χ4v) is 2.90. The molecule has 1 atom stereocenters. The molecule has 2 heterocycles. The number of benzene rings is 1. The van der Waals surface area contributed by atoms with E-state index in [-0.39, 0.29) is 24.4 Å². The maximum atomic E-state index is 12.3. The van der Waals surface area contributed by atoms with E-state index in [2.05, 4.69) is 34.9 Å². The first-order valence-electron chi connectivity index (χ1n) is 7.38. The second kappa shape index (κ2) is 6.99. The van der Waals surface area contributed by atoms with E-state index in [9.17, 15) is 4.79 Å². The molecule has 0 saturated heterocycles. The summed E-state index contributed by atoms with van der Waals surface area (Å²) in [6, 6.07) is 12.5. The Balaban J connectivity index is 0.00000176. The van der Waals surface area contributed by atoms with Crippen LogP contribution in [0.15, 0.2) is 36.4 Å². The molecule has 1 aliphatic rings. The average molecular weight is 320 g/mol. The van der Waals surface area contributed by atoms with Crippen molar-refractivity contribution in [1.29, 1.82) is 0 Å². The number of amides is 1. The van der Waals surface area contributed by atoms with Crippen molar-refractivity contribution in [2.45, 2.75) is 19.4 Å². The summed E-state index contributed by atoms with van der Waals surface area (Å²) in [6.07, 6.45) is 1.05. The van der Waals surface area contributed by atoms with Gasteiger partial charge in [0.15, 0.2) is 0 Å².